The van der Waals surface area contributed by atoms with Gasteiger partial charge in [-0.1, -0.05) is 28.0 Å². The highest BCUT2D eigenvalue weighted by Gasteiger charge is 2.22. The lowest BCUT2D eigenvalue weighted by Crippen LogP contribution is -2.39. The molecule has 1 aromatic carbocycles. The summed E-state index contributed by atoms with van der Waals surface area (Å²) in [7, 11) is 3.96. The number of carbonyl (C=O) groups excluding carboxylic acids is 2. The Balaban J connectivity index is 1.22. The fraction of sp³-hybridized carbons (Fsp3) is 0.478. The number of amides is 2. The average Bonchev–Trinajstić information content (AvgIpc) is 3.31. The second-order valence-electron chi connectivity index (χ2n) is 8.21. The fourth-order valence-electron chi connectivity index (χ4n) is 3.99. The fourth-order valence-corrected chi connectivity index (χ4v) is 7.02. The molecule has 32 heavy (non-hydrogen) atoms. The number of carbonyl (C=O) groups is 2. The van der Waals surface area contributed by atoms with Crippen LogP contribution in [0.3, 0.4) is 0 Å². The summed E-state index contributed by atoms with van der Waals surface area (Å²) in [5.41, 5.74) is 2.24. The van der Waals surface area contributed by atoms with Crippen LogP contribution in [0.15, 0.2) is 30.5 Å². The Hall–Kier alpha value is -2.13. The van der Waals surface area contributed by atoms with Gasteiger partial charge in [0.05, 0.1) is 0 Å². The summed E-state index contributed by atoms with van der Waals surface area (Å²) in [6, 6.07) is 5.42. The van der Waals surface area contributed by atoms with Crippen LogP contribution in [0.5, 0.6) is 0 Å². The number of fused-ring (bicyclic) bond motifs is 1. The van der Waals surface area contributed by atoms with Gasteiger partial charge < -0.3 is 5.32 Å². The number of nitrogens with zero attached hydrogens (tertiary/aromatic N) is 2. The summed E-state index contributed by atoms with van der Waals surface area (Å²) in [6.45, 7) is 0. The maximum absolute atomic E-state index is 13.0. The Kier molecular flexibility index (Phi) is 8.02. The van der Waals surface area contributed by atoms with Crippen molar-refractivity contribution in [1.82, 2.24) is 15.3 Å². The number of nitrogens with one attached hydrogen (secondary N) is 2. The predicted octanol–water partition coefficient (Wildman–Crippen LogP) is 4.56. The summed E-state index contributed by atoms with van der Waals surface area (Å²) in [5, 5.41) is 6.59. The zero-order valence-electron chi connectivity index (χ0n) is 17.8. The van der Waals surface area contributed by atoms with Gasteiger partial charge in [0.15, 0.2) is 0 Å². The molecule has 0 radical (unpaired) electrons. The smallest absolute Gasteiger partial charge is 0.258 e. The molecule has 1 aliphatic carbocycles. The number of hydrogen-bond donors (Lipinski definition) is 2. The van der Waals surface area contributed by atoms with Crippen molar-refractivity contribution in [3.05, 3.63) is 53.1 Å². The number of unbranched alkanes of at least 4 members (excludes halogenated alkanes) is 1. The molecule has 1 saturated heterocycles. The van der Waals surface area contributed by atoms with E-state index in [0.717, 1.165) is 42.2 Å². The lowest BCUT2D eigenvalue weighted by atomic mass is 9.92. The zero-order chi connectivity index (χ0) is 22.3. The molecule has 0 spiro atoms. The van der Waals surface area contributed by atoms with Crippen LogP contribution in [0, 0.1) is 5.82 Å². The van der Waals surface area contributed by atoms with Crippen molar-refractivity contribution in [2.45, 2.75) is 62.7 Å². The van der Waals surface area contributed by atoms with Crippen LogP contribution >= 0.6 is 21.6 Å². The predicted molar refractivity (Wildman–Crippen MR) is 127 cm³/mol. The maximum Gasteiger partial charge on any atom is 0.258 e. The molecule has 2 N–H and O–H groups in total. The second kappa shape index (κ2) is 11.1. The van der Waals surface area contributed by atoms with Crippen LogP contribution in [0.2, 0.25) is 0 Å². The molecule has 4 rings (SSSR count). The molecule has 2 aromatic rings. The number of benzene rings is 1. The minimum absolute atomic E-state index is 0.0973. The molecule has 9 heteroatoms. The van der Waals surface area contributed by atoms with E-state index in [0.29, 0.717) is 18.4 Å². The molecule has 170 valence electrons. The van der Waals surface area contributed by atoms with E-state index in [1.165, 1.54) is 42.9 Å². The van der Waals surface area contributed by atoms with Crippen LogP contribution in [0.4, 0.5) is 10.3 Å². The molecule has 0 saturated carbocycles. The van der Waals surface area contributed by atoms with Gasteiger partial charge in [-0.15, -0.1) is 0 Å². The monoisotopic (exact) mass is 474 g/mol. The van der Waals surface area contributed by atoms with Crippen molar-refractivity contribution in [1.29, 1.82) is 0 Å². The molecule has 2 heterocycles. The Morgan fingerprint density at radius 3 is 2.78 bits per heavy atom. The molecular formula is C23H27FN4O2S2. The Labute approximate surface area is 195 Å². The van der Waals surface area contributed by atoms with Crippen LogP contribution in [0.1, 0.15) is 60.1 Å². The van der Waals surface area contributed by atoms with E-state index in [-0.39, 0.29) is 23.8 Å². The first kappa shape index (κ1) is 23.0. The van der Waals surface area contributed by atoms with E-state index in [1.54, 1.807) is 6.20 Å². The van der Waals surface area contributed by atoms with Gasteiger partial charge in [0.25, 0.3) is 5.91 Å². The van der Waals surface area contributed by atoms with E-state index in [4.69, 9.17) is 0 Å². The SMILES string of the molecule is O=C(CCCCC1CCSS1)NC1CCc2nc(NC(=O)c3ccc(F)cc3)ncc2C1. The van der Waals surface area contributed by atoms with Crippen molar-refractivity contribution in [2.24, 2.45) is 0 Å². The molecule has 2 atom stereocenters. The first-order valence-electron chi connectivity index (χ1n) is 11.1. The van der Waals surface area contributed by atoms with Gasteiger partial charge in [0.2, 0.25) is 11.9 Å². The van der Waals surface area contributed by atoms with E-state index in [9.17, 15) is 14.0 Å². The van der Waals surface area contributed by atoms with Gasteiger partial charge in [-0.3, -0.25) is 14.9 Å². The largest absolute Gasteiger partial charge is 0.353 e. The molecule has 2 unspecified atom stereocenters. The van der Waals surface area contributed by atoms with E-state index in [1.807, 2.05) is 21.6 Å². The minimum Gasteiger partial charge on any atom is -0.353 e. The van der Waals surface area contributed by atoms with E-state index < -0.39 is 5.82 Å². The molecule has 1 aromatic heterocycles. The van der Waals surface area contributed by atoms with Crippen LogP contribution in [0.25, 0.3) is 0 Å². The van der Waals surface area contributed by atoms with Gasteiger partial charge in [-0.05, 0) is 68.4 Å². The number of rotatable bonds is 8. The first-order chi connectivity index (χ1) is 15.6. The Morgan fingerprint density at radius 2 is 2.00 bits per heavy atom. The summed E-state index contributed by atoms with van der Waals surface area (Å²) >= 11 is 0. The summed E-state index contributed by atoms with van der Waals surface area (Å²) in [5.74, 6) is 0.840. The number of halogens is 1. The van der Waals surface area contributed by atoms with Crippen molar-refractivity contribution >= 4 is 39.4 Å². The zero-order valence-corrected chi connectivity index (χ0v) is 19.4. The average molecular weight is 475 g/mol. The van der Waals surface area contributed by atoms with Crippen LogP contribution in [-0.2, 0) is 17.6 Å². The normalized spacial score (nSPS) is 19.9. The molecule has 2 amide bonds. The highest BCUT2D eigenvalue weighted by atomic mass is 33.1. The van der Waals surface area contributed by atoms with E-state index >= 15 is 0 Å². The van der Waals surface area contributed by atoms with Gasteiger partial charge in [0, 0.05) is 40.9 Å². The van der Waals surface area contributed by atoms with Crippen LogP contribution in [-0.4, -0.2) is 38.8 Å². The van der Waals surface area contributed by atoms with Gasteiger partial charge >= 0.3 is 0 Å². The molecule has 0 bridgehead atoms. The highest BCUT2D eigenvalue weighted by molar-refractivity contribution is 8.77. The topological polar surface area (TPSA) is 84.0 Å². The standard InChI is InChI=1S/C23H27FN4O2S2/c24-17-7-5-15(6-8-17)22(30)28-23-25-14-16-13-18(9-10-20(16)27-23)26-21(29)4-2-1-3-19-11-12-31-32-19/h5-8,14,18-19H,1-4,9-13H2,(H,26,29)(H,25,27,28,30). The summed E-state index contributed by atoms with van der Waals surface area (Å²) < 4.78 is 13.0. The maximum atomic E-state index is 13.0. The van der Waals surface area contributed by atoms with Crippen LogP contribution < -0.4 is 10.6 Å². The lowest BCUT2D eigenvalue weighted by Gasteiger charge is -2.25. The van der Waals surface area contributed by atoms with Gasteiger partial charge in [-0.25, -0.2) is 14.4 Å². The first-order valence-corrected chi connectivity index (χ1v) is 13.4. The quantitative estimate of drug-likeness (QED) is 0.431. The molecule has 6 nitrogen and oxygen atoms in total. The number of anilines is 1. The Bertz CT molecular complexity index is 952. The molecule has 2 aliphatic rings. The number of aryl methyl sites for hydroxylation is 1. The third-order valence-corrected chi connectivity index (χ3v) is 8.76. The second-order valence-corrected chi connectivity index (χ2v) is 11.0. The van der Waals surface area contributed by atoms with Crippen molar-refractivity contribution in [2.75, 3.05) is 11.1 Å². The van der Waals surface area contributed by atoms with Crippen molar-refractivity contribution in [3.63, 3.8) is 0 Å². The molecular weight excluding hydrogens is 447 g/mol. The summed E-state index contributed by atoms with van der Waals surface area (Å²) in [4.78, 5) is 33.3. The third-order valence-electron chi connectivity index (χ3n) is 5.75. The van der Waals surface area contributed by atoms with E-state index in [2.05, 4.69) is 20.6 Å². The van der Waals surface area contributed by atoms with Gasteiger partial charge in [0.1, 0.15) is 5.82 Å². The number of hydrogen-bond acceptors (Lipinski definition) is 6. The molecule has 1 fully saturated rings. The van der Waals surface area contributed by atoms with Crippen molar-refractivity contribution in [3.8, 4) is 0 Å². The molecule has 1 aliphatic heterocycles. The third kappa shape index (κ3) is 6.45. The van der Waals surface area contributed by atoms with Crippen molar-refractivity contribution < 1.29 is 14.0 Å². The Morgan fingerprint density at radius 1 is 1.16 bits per heavy atom. The summed E-state index contributed by atoms with van der Waals surface area (Å²) in [6.07, 6.45) is 9.09. The number of aromatic nitrogens is 2. The van der Waals surface area contributed by atoms with Gasteiger partial charge in [-0.2, -0.15) is 0 Å². The lowest BCUT2D eigenvalue weighted by molar-refractivity contribution is -0.122. The minimum atomic E-state index is -0.393. The highest BCUT2D eigenvalue weighted by Crippen LogP contribution is 2.39.